The van der Waals surface area contributed by atoms with Crippen molar-refractivity contribution >= 4 is 21.8 Å². The normalized spacial score (nSPS) is 10.2. The maximum Gasteiger partial charge on any atom is 0.256 e. The summed E-state index contributed by atoms with van der Waals surface area (Å²) in [6, 6.07) is 5.47. The van der Waals surface area contributed by atoms with Gasteiger partial charge in [0.2, 0.25) is 0 Å². The van der Waals surface area contributed by atoms with Gasteiger partial charge in [0, 0.05) is 18.4 Å². The smallest absolute Gasteiger partial charge is 0.256 e. The minimum Gasteiger partial charge on any atom is -0.457 e. The Morgan fingerprint density at radius 3 is 2.88 bits per heavy atom. The van der Waals surface area contributed by atoms with Crippen LogP contribution in [-0.4, -0.2) is 10.9 Å². The van der Waals surface area contributed by atoms with E-state index in [2.05, 4.69) is 26.2 Å². The van der Waals surface area contributed by atoms with Gasteiger partial charge in [-0.2, -0.15) is 0 Å². The number of aryl methyl sites for hydroxylation is 1. The molecule has 0 aliphatic heterocycles. The van der Waals surface area contributed by atoms with Crippen molar-refractivity contribution in [2.45, 2.75) is 13.5 Å². The minimum atomic E-state index is -0.175. The number of hydrogen-bond acceptors (Lipinski definition) is 3. The molecule has 0 atom stereocenters. The van der Waals surface area contributed by atoms with Crippen LogP contribution in [0.4, 0.5) is 0 Å². The van der Waals surface area contributed by atoms with Gasteiger partial charge < -0.3 is 9.73 Å². The third kappa shape index (κ3) is 2.94. The third-order valence-corrected chi connectivity index (χ3v) is 2.90. The number of hydrogen-bond donors (Lipinski definition) is 1. The van der Waals surface area contributed by atoms with E-state index >= 15 is 0 Å². The molecule has 0 aromatic carbocycles. The fourth-order valence-electron chi connectivity index (χ4n) is 1.34. The summed E-state index contributed by atoms with van der Waals surface area (Å²) in [5.74, 6) is -0.175. The number of aromatic nitrogens is 1. The summed E-state index contributed by atoms with van der Waals surface area (Å²) >= 11 is 3.16. The quantitative estimate of drug-likeness (QED) is 0.947. The maximum atomic E-state index is 11.7. The SMILES string of the molecule is Cc1ccc(CNC(=O)c2ccoc2Br)cn1. The fraction of sp³-hybridized carbons (Fsp3) is 0.167. The van der Waals surface area contributed by atoms with Crippen molar-refractivity contribution in [3.8, 4) is 0 Å². The van der Waals surface area contributed by atoms with Gasteiger partial charge in [0.05, 0.1) is 11.8 Å². The number of furan rings is 1. The summed E-state index contributed by atoms with van der Waals surface area (Å²) in [6.07, 6.45) is 3.21. The molecule has 0 spiro atoms. The molecular formula is C12H11BrN2O2. The van der Waals surface area contributed by atoms with E-state index in [9.17, 15) is 4.79 Å². The number of rotatable bonds is 3. The first kappa shape index (κ1) is 11.9. The van der Waals surface area contributed by atoms with E-state index < -0.39 is 0 Å². The molecule has 5 heteroatoms. The molecule has 4 nitrogen and oxygen atoms in total. The Balaban J connectivity index is 1.97. The van der Waals surface area contributed by atoms with E-state index in [4.69, 9.17) is 4.42 Å². The van der Waals surface area contributed by atoms with E-state index in [1.54, 1.807) is 12.3 Å². The van der Waals surface area contributed by atoms with Crippen molar-refractivity contribution in [2.24, 2.45) is 0 Å². The van der Waals surface area contributed by atoms with Crippen LogP contribution < -0.4 is 5.32 Å². The number of pyridine rings is 1. The zero-order valence-corrected chi connectivity index (χ0v) is 10.8. The summed E-state index contributed by atoms with van der Waals surface area (Å²) in [4.78, 5) is 15.9. The monoisotopic (exact) mass is 294 g/mol. The van der Waals surface area contributed by atoms with E-state index in [-0.39, 0.29) is 5.91 Å². The van der Waals surface area contributed by atoms with Gasteiger partial charge in [0.25, 0.3) is 5.91 Å². The molecule has 0 aliphatic rings. The fourth-order valence-corrected chi connectivity index (χ4v) is 1.76. The summed E-state index contributed by atoms with van der Waals surface area (Å²) in [7, 11) is 0. The largest absolute Gasteiger partial charge is 0.457 e. The second kappa shape index (κ2) is 5.14. The zero-order chi connectivity index (χ0) is 12.3. The number of nitrogens with one attached hydrogen (secondary N) is 1. The second-order valence-electron chi connectivity index (χ2n) is 3.60. The second-order valence-corrected chi connectivity index (χ2v) is 4.32. The van der Waals surface area contributed by atoms with Crippen LogP contribution in [0, 0.1) is 6.92 Å². The molecule has 2 rings (SSSR count). The number of nitrogens with zero attached hydrogens (tertiary/aromatic N) is 1. The van der Waals surface area contributed by atoms with Crippen LogP contribution in [0.15, 0.2) is 39.7 Å². The van der Waals surface area contributed by atoms with E-state index in [0.29, 0.717) is 16.8 Å². The van der Waals surface area contributed by atoms with Gasteiger partial charge in [-0.3, -0.25) is 9.78 Å². The molecule has 88 valence electrons. The van der Waals surface area contributed by atoms with Gasteiger partial charge in [-0.25, -0.2) is 0 Å². The molecule has 0 bridgehead atoms. The Morgan fingerprint density at radius 1 is 1.47 bits per heavy atom. The highest BCUT2D eigenvalue weighted by Crippen LogP contribution is 2.17. The van der Waals surface area contributed by atoms with Gasteiger partial charge in [-0.1, -0.05) is 6.07 Å². The molecule has 0 fully saturated rings. The lowest BCUT2D eigenvalue weighted by molar-refractivity contribution is 0.0949. The molecule has 0 saturated heterocycles. The predicted octanol–water partition coefficient (Wildman–Crippen LogP) is 2.68. The average molecular weight is 295 g/mol. The van der Waals surface area contributed by atoms with Crippen molar-refractivity contribution in [2.75, 3.05) is 0 Å². The van der Waals surface area contributed by atoms with Crippen LogP contribution in [0.5, 0.6) is 0 Å². The lowest BCUT2D eigenvalue weighted by Gasteiger charge is -2.04. The lowest BCUT2D eigenvalue weighted by atomic mass is 10.2. The van der Waals surface area contributed by atoms with Crippen molar-refractivity contribution < 1.29 is 9.21 Å². The molecular weight excluding hydrogens is 284 g/mol. The van der Waals surface area contributed by atoms with Crippen molar-refractivity contribution in [3.05, 3.63) is 52.1 Å². The molecule has 2 aromatic heterocycles. The Kier molecular flexibility index (Phi) is 3.58. The molecule has 1 amide bonds. The van der Waals surface area contributed by atoms with Crippen LogP contribution >= 0.6 is 15.9 Å². The maximum absolute atomic E-state index is 11.7. The van der Waals surface area contributed by atoms with Crippen LogP contribution in [0.25, 0.3) is 0 Å². The summed E-state index contributed by atoms with van der Waals surface area (Å²) < 4.78 is 5.44. The van der Waals surface area contributed by atoms with E-state index in [1.807, 2.05) is 19.1 Å². The highest BCUT2D eigenvalue weighted by Gasteiger charge is 2.11. The zero-order valence-electron chi connectivity index (χ0n) is 9.24. The molecule has 0 unspecified atom stereocenters. The first-order valence-electron chi connectivity index (χ1n) is 5.09. The summed E-state index contributed by atoms with van der Waals surface area (Å²) in [6.45, 7) is 2.37. The van der Waals surface area contributed by atoms with Gasteiger partial charge >= 0.3 is 0 Å². The number of amides is 1. The Hall–Kier alpha value is -1.62. The molecule has 0 radical (unpaired) electrons. The van der Waals surface area contributed by atoms with Crippen LogP contribution in [0.1, 0.15) is 21.6 Å². The summed E-state index contributed by atoms with van der Waals surface area (Å²) in [5, 5.41) is 2.79. The van der Waals surface area contributed by atoms with Crippen LogP contribution in [0.3, 0.4) is 0 Å². The van der Waals surface area contributed by atoms with Gasteiger partial charge in [0.15, 0.2) is 4.67 Å². The molecule has 2 heterocycles. The molecule has 0 aliphatic carbocycles. The van der Waals surface area contributed by atoms with Crippen molar-refractivity contribution in [1.82, 2.24) is 10.3 Å². The standard InChI is InChI=1S/C12H11BrN2O2/c1-8-2-3-9(6-14-8)7-15-12(16)10-4-5-17-11(10)13/h2-6H,7H2,1H3,(H,15,16). The highest BCUT2D eigenvalue weighted by atomic mass is 79.9. The molecule has 1 N–H and O–H groups in total. The third-order valence-electron chi connectivity index (χ3n) is 2.29. The number of halogens is 1. The minimum absolute atomic E-state index is 0.175. The predicted molar refractivity (Wildman–Crippen MR) is 66.6 cm³/mol. The first-order valence-corrected chi connectivity index (χ1v) is 5.89. The molecule has 17 heavy (non-hydrogen) atoms. The van der Waals surface area contributed by atoms with Crippen LogP contribution in [0.2, 0.25) is 0 Å². The van der Waals surface area contributed by atoms with Crippen LogP contribution in [-0.2, 0) is 6.54 Å². The molecule has 0 saturated carbocycles. The topological polar surface area (TPSA) is 55.1 Å². The highest BCUT2D eigenvalue weighted by molar-refractivity contribution is 9.10. The van der Waals surface area contributed by atoms with Gasteiger partial charge in [0.1, 0.15) is 0 Å². The molecule has 2 aromatic rings. The number of carbonyl (C=O) groups excluding carboxylic acids is 1. The lowest BCUT2D eigenvalue weighted by Crippen LogP contribution is -2.22. The van der Waals surface area contributed by atoms with E-state index in [1.165, 1.54) is 6.26 Å². The summed E-state index contributed by atoms with van der Waals surface area (Å²) in [5.41, 5.74) is 2.41. The first-order chi connectivity index (χ1) is 8.16. The van der Waals surface area contributed by atoms with E-state index in [0.717, 1.165) is 11.3 Å². The number of carbonyl (C=O) groups is 1. The Morgan fingerprint density at radius 2 is 2.29 bits per heavy atom. The Labute approximate surface area is 107 Å². The Bertz CT molecular complexity index is 520. The van der Waals surface area contributed by atoms with Crippen molar-refractivity contribution in [3.63, 3.8) is 0 Å². The average Bonchev–Trinajstić information content (AvgIpc) is 2.74. The van der Waals surface area contributed by atoms with Gasteiger partial charge in [-0.15, -0.1) is 0 Å². The van der Waals surface area contributed by atoms with Crippen molar-refractivity contribution in [1.29, 1.82) is 0 Å². The van der Waals surface area contributed by atoms with Gasteiger partial charge in [-0.05, 0) is 40.5 Å².